The van der Waals surface area contributed by atoms with Crippen molar-refractivity contribution in [2.45, 2.75) is 45.1 Å². The molecule has 2 aromatic rings. The van der Waals surface area contributed by atoms with Gasteiger partial charge in [-0.3, -0.25) is 4.79 Å². The number of nitrogens with one attached hydrogen (secondary N) is 1. The fraction of sp³-hybridized carbons (Fsp3) is 0.500. The molecule has 1 heterocycles. The quantitative estimate of drug-likeness (QED) is 0.912. The van der Waals surface area contributed by atoms with Crippen LogP contribution >= 0.6 is 0 Å². The minimum absolute atomic E-state index is 0.00799. The minimum atomic E-state index is 0.00799. The fourth-order valence-corrected chi connectivity index (χ4v) is 3.37. The Morgan fingerprint density at radius 2 is 2.18 bits per heavy atom. The summed E-state index contributed by atoms with van der Waals surface area (Å²) in [6.07, 6.45) is 6.22. The zero-order chi connectivity index (χ0) is 15.5. The third-order valence-electron chi connectivity index (χ3n) is 4.65. The smallest absolute Gasteiger partial charge is 0.224 e. The van der Waals surface area contributed by atoms with Crippen molar-refractivity contribution in [3.8, 4) is 0 Å². The highest BCUT2D eigenvalue weighted by Crippen LogP contribution is 2.25. The molecule has 1 aromatic carbocycles. The Kier molecular flexibility index (Phi) is 4.48. The van der Waals surface area contributed by atoms with Gasteiger partial charge in [0.05, 0.1) is 12.7 Å². The summed E-state index contributed by atoms with van der Waals surface area (Å²) in [5.41, 5.74) is 2.89. The van der Waals surface area contributed by atoms with Crippen molar-refractivity contribution in [2.24, 2.45) is 5.92 Å². The average Bonchev–Trinajstić information content (AvgIpc) is 2.89. The van der Waals surface area contributed by atoms with Gasteiger partial charge in [0, 0.05) is 29.5 Å². The van der Waals surface area contributed by atoms with Crippen LogP contribution < -0.4 is 5.32 Å². The molecule has 22 heavy (non-hydrogen) atoms. The maximum Gasteiger partial charge on any atom is 0.224 e. The number of furan rings is 1. The van der Waals surface area contributed by atoms with Crippen molar-refractivity contribution in [2.75, 3.05) is 6.61 Å². The number of fused-ring (bicyclic) bond motifs is 1. The number of carbonyl (C=O) groups excluding carboxylic acids is 1. The van der Waals surface area contributed by atoms with Gasteiger partial charge < -0.3 is 14.8 Å². The molecule has 3 rings (SSSR count). The lowest BCUT2D eigenvalue weighted by atomic mass is 9.85. The zero-order valence-corrected chi connectivity index (χ0v) is 13.0. The molecule has 4 heteroatoms. The van der Waals surface area contributed by atoms with Crippen LogP contribution in [0.1, 0.15) is 36.8 Å². The monoisotopic (exact) mass is 301 g/mol. The van der Waals surface area contributed by atoms with Crippen molar-refractivity contribution < 1.29 is 14.3 Å². The summed E-state index contributed by atoms with van der Waals surface area (Å²) >= 11 is 0. The summed E-state index contributed by atoms with van der Waals surface area (Å²) in [6.45, 7) is 2.17. The van der Waals surface area contributed by atoms with Gasteiger partial charge in [0.2, 0.25) is 5.91 Å². The minimum Gasteiger partial charge on any atom is -0.464 e. The van der Waals surface area contributed by atoms with Gasteiger partial charge in [0.25, 0.3) is 0 Å². The van der Waals surface area contributed by atoms with Gasteiger partial charge in [-0.05, 0) is 31.4 Å². The Morgan fingerprint density at radius 1 is 1.36 bits per heavy atom. The lowest BCUT2D eigenvalue weighted by molar-refractivity contribution is -0.121. The second kappa shape index (κ2) is 6.53. The zero-order valence-electron chi connectivity index (χ0n) is 13.0. The molecule has 1 amide bonds. The Labute approximate surface area is 130 Å². The second-order valence-electron chi connectivity index (χ2n) is 6.34. The summed E-state index contributed by atoms with van der Waals surface area (Å²) in [7, 11) is 0. The van der Waals surface area contributed by atoms with Gasteiger partial charge in [-0.25, -0.2) is 0 Å². The topological polar surface area (TPSA) is 62.5 Å². The van der Waals surface area contributed by atoms with Gasteiger partial charge in [-0.2, -0.15) is 0 Å². The first-order valence-electron chi connectivity index (χ1n) is 8.04. The molecule has 2 N–H and O–H groups in total. The molecule has 4 nitrogen and oxygen atoms in total. The Bertz CT molecular complexity index is 661. The number of amides is 1. The maximum atomic E-state index is 12.3. The van der Waals surface area contributed by atoms with Crippen molar-refractivity contribution in [1.82, 2.24) is 5.32 Å². The van der Waals surface area contributed by atoms with Crippen LogP contribution in [0, 0.1) is 12.8 Å². The van der Waals surface area contributed by atoms with E-state index in [0.29, 0.717) is 6.42 Å². The Morgan fingerprint density at radius 3 is 3.00 bits per heavy atom. The molecule has 2 atom stereocenters. The molecule has 1 aliphatic carbocycles. The van der Waals surface area contributed by atoms with E-state index < -0.39 is 0 Å². The van der Waals surface area contributed by atoms with Crippen LogP contribution in [0.15, 0.2) is 28.9 Å². The number of hydrogen-bond donors (Lipinski definition) is 2. The van der Waals surface area contributed by atoms with Crippen molar-refractivity contribution >= 4 is 16.9 Å². The first-order chi connectivity index (χ1) is 10.7. The number of aliphatic hydroxyl groups is 1. The van der Waals surface area contributed by atoms with E-state index >= 15 is 0 Å². The number of aryl methyl sites for hydroxylation is 1. The summed E-state index contributed by atoms with van der Waals surface area (Å²) < 4.78 is 5.54. The highest BCUT2D eigenvalue weighted by Gasteiger charge is 2.26. The molecule has 1 saturated carbocycles. The summed E-state index contributed by atoms with van der Waals surface area (Å²) in [5.74, 6) is 0.204. The van der Waals surface area contributed by atoms with E-state index in [2.05, 4.69) is 5.32 Å². The van der Waals surface area contributed by atoms with Gasteiger partial charge in [-0.15, -0.1) is 0 Å². The molecule has 0 saturated heterocycles. The normalized spacial score (nSPS) is 21.9. The third-order valence-corrected chi connectivity index (χ3v) is 4.65. The highest BCUT2D eigenvalue weighted by molar-refractivity contribution is 5.88. The molecule has 1 fully saturated rings. The average molecular weight is 301 g/mol. The van der Waals surface area contributed by atoms with Crippen LogP contribution in [0.3, 0.4) is 0 Å². The summed E-state index contributed by atoms with van der Waals surface area (Å²) in [5, 5.41) is 13.5. The number of benzene rings is 1. The van der Waals surface area contributed by atoms with Gasteiger partial charge in [0.15, 0.2) is 0 Å². The van der Waals surface area contributed by atoms with Crippen LogP contribution in [-0.4, -0.2) is 23.7 Å². The molecule has 1 aliphatic rings. The van der Waals surface area contributed by atoms with Crippen LogP contribution in [-0.2, 0) is 11.2 Å². The lowest BCUT2D eigenvalue weighted by Gasteiger charge is -2.30. The molecular formula is C18H23NO3. The Balaban J connectivity index is 1.68. The number of carbonyl (C=O) groups is 1. The van der Waals surface area contributed by atoms with Gasteiger partial charge in [-0.1, -0.05) is 25.0 Å². The van der Waals surface area contributed by atoms with Crippen molar-refractivity contribution in [3.63, 3.8) is 0 Å². The molecule has 0 spiro atoms. The van der Waals surface area contributed by atoms with E-state index in [-0.39, 0.29) is 24.5 Å². The van der Waals surface area contributed by atoms with Crippen molar-refractivity contribution in [1.29, 1.82) is 0 Å². The largest absolute Gasteiger partial charge is 0.464 e. The van der Waals surface area contributed by atoms with E-state index in [1.807, 2.05) is 25.1 Å². The Hall–Kier alpha value is -1.81. The van der Waals surface area contributed by atoms with E-state index in [9.17, 15) is 9.90 Å². The number of hydrogen-bond acceptors (Lipinski definition) is 3. The van der Waals surface area contributed by atoms with Gasteiger partial charge >= 0.3 is 0 Å². The second-order valence-corrected chi connectivity index (χ2v) is 6.34. The molecule has 0 radical (unpaired) electrons. The van der Waals surface area contributed by atoms with Crippen LogP contribution in [0.5, 0.6) is 0 Å². The fourth-order valence-electron chi connectivity index (χ4n) is 3.37. The van der Waals surface area contributed by atoms with E-state index in [1.165, 1.54) is 0 Å². The number of rotatable bonds is 4. The first-order valence-corrected chi connectivity index (χ1v) is 8.04. The van der Waals surface area contributed by atoms with Crippen LogP contribution in [0.25, 0.3) is 11.0 Å². The van der Waals surface area contributed by atoms with E-state index in [0.717, 1.165) is 47.8 Å². The highest BCUT2D eigenvalue weighted by atomic mass is 16.3. The summed E-state index contributed by atoms with van der Waals surface area (Å²) in [4.78, 5) is 12.3. The molecule has 118 valence electrons. The van der Waals surface area contributed by atoms with E-state index in [4.69, 9.17) is 4.42 Å². The molecule has 0 bridgehead atoms. The SMILES string of the molecule is Cc1ccc2c(CC(=O)NC3CCCCC3CO)coc2c1. The lowest BCUT2D eigenvalue weighted by Crippen LogP contribution is -2.44. The van der Waals surface area contributed by atoms with Crippen molar-refractivity contribution in [3.05, 3.63) is 35.6 Å². The van der Waals surface area contributed by atoms with Crippen LogP contribution in [0.4, 0.5) is 0 Å². The molecule has 0 aliphatic heterocycles. The summed E-state index contributed by atoms with van der Waals surface area (Å²) in [6, 6.07) is 6.13. The number of aliphatic hydroxyl groups excluding tert-OH is 1. The standard InChI is InChI=1S/C18H23NO3/c1-12-6-7-15-14(11-22-17(15)8-12)9-18(21)19-16-5-3-2-4-13(16)10-20/h6-8,11,13,16,20H,2-5,9-10H2,1H3,(H,19,21). The molecular weight excluding hydrogens is 278 g/mol. The molecule has 2 unspecified atom stereocenters. The van der Waals surface area contributed by atoms with Crippen LogP contribution in [0.2, 0.25) is 0 Å². The third kappa shape index (κ3) is 3.17. The first kappa shape index (κ1) is 15.1. The maximum absolute atomic E-state index is 12.3. The predicted molar refractivity (Wildman–Crippen MR) is 85.6 cm³/mol. The van der Waals surface area contributed by atoms with Gasteiger partial charge in [0.1, 0.15) is 5.58 Å². The predicted octanol–water partition coefficient (Wildman–Crippen LogP) is 2.95. The van der Waals surface area contributed by atoms with E-state index in [1.54, 1.807) is 6.26 Å². The molecule has 1 aromatic heterocycles.